The van der Waals surface area contributed by atoms with Crippen LogP contribution in [-0.2, 0) is 5.75 Å². The highest BCUT2D eigenvalue weighted by molar-refractivity contribution is 7.98. The zero-order valence-corrected chi connectivity index (χ0v) is 9.42. The first-order chi connectivity index (χ1) is 7.11. The smallest absolute Gasteiger partial charge is 0.372 e. The van der Waals surface area contributed by atoms with E-state index in [1.807, 2.05) is 6.92 Å². The Morgan fingerprint density at radius 2 is 2.47 bits per heavy atom. The summed E-state index contributed by atoms with van der Waals surface area (Å²) in [6.45, 7) is 1.96. The highest BCUT2D eigenvalue weighted by Gasteiger charge is 2.13. The van der Waals surface area contributed by atoms with Crippen LogP contribution in [0.2, 0.25) is 0 Å². The van der Waals surface area contributed by atoms with Gasteiger partial charge in [0.05, 0.1) is 6.26 Å². The first-order valence-electron chi connectivity index (χ1n) is 4.74. The molecule has 0 saturated carbocycles. The van der Waals surface area contributed by atoms with Crippen molar-refractivity contribution in [1.29, 1.82) is 0 Å². The molecule has 1 rings (SSSR count). The number of hydrogen-bond acceptors (Lipinski definition) is 4. The Balaban J connectivity index is 2.37. The Bertz CT molecular complexity index is 322. The van der Waals surface area contributed by atoms with Crippen LogP contribution in [0.1, 0.15) is 29.5 Å². The third-order valence-electron chi connectivity index (χ3n) is 1.92. The summed E-state index contributed by atoms with van der Waals surface area (Å²) in [6, 6.07) is 1.89. The van der Waals surface area contributed by atoms with Crippen molar-refractivity contribution in [3.63, 3.8) is 0 Å². The Labute approximate surface area is 92.8 Å². The van der Waals surface area contributed by atoms with Gasteiger partial charge in [0, 0.05) is 17.4 Å². The van der Waals surface area contributed by atoms with Crippen LogP contribution < -0.4 is 5.73 Å². The molecule has 0 fully saturated rings. The van der Waals surface area contributed by atoms with Gasteiger partial charge in [0.2, 0.25) is 5.76 Å². The Morgan fingerprint density at radius 3 is 3.07 bits per heavy atom. The van der Waals surface area contributed by atoms with Crippen LogP contribution in [0.5, 0.6) is 0 Å². The molecule has 0 aliphatic heterocycles. The van der Waals surface area contributed by atoms with Gasteiger partial charge >= 0.3 is 5.97 Å². The maximum Gasteiger partial charge on any atom is 0.372 e. The molecule has 15 heavy (non-hydrogen) atoms. The van der Waals surface area contributed by atoms with E-state index < -0.39 is 5.97 Å². The molecule has 3 N–H and O–H groups in total. The number of thioether (sulfide) groups is 1. The molecule has 1 aromatic rings. The van der Waals surface area contributed by atoms with Crippen molar-refractivity contribution in [1.82, 2.24) is 0 Å². The summed E-state index contributed by atoms with van der Waals surface area (Å²) in [6.07, 6.45) is 2.34. The summed E-state index contributed by atoms with van der Waals surface area (Å²) >= 11 is 1.67. The van der Waals surface area contributed by atoms with E-state index in [2.05, 4.69) is 0 Å². The fourth-order valence-electron chi connectivity index (χ4n) is 1.09. The fourth-order valence-corrected chi connectivity index (χ4v) is 2.22. The molecule has 1 aromatic heterocycles. The number of carbonyl (C=O) groups is 1. The lowest BCUT2D eigenvalue weighted by molar-refractivity contribution is 0.0661. The molecule has 1 heterocycles. The van der Waals surface area contributed by atoms with Gasteiger partial charge in [-0.2, -0.15) is 11.8 Å². The maximum atomic E-state index is 10.7. The van der Waals surface area contributed by atoms with Gasteiger partial charge in [-0.05, 0) is 25.2 Å². The molecule has 0 bridgehead atoms. The molecule has 0 aliphatic carbocycles. The van der Waals surface area contributed by atoms with Crippen LogP contribution >= 0.6 is 11.8 Å². The van der Waals surface area contributed by atoms with Crippen molar-refractivity contribution in [2.24, 2.45) is 5.73 Å². The average Bonchev–Trinajstić information content (AvgIpc) is 2.60. The standard InChI is InChI=1S/C10H15NO3S/c1-7(11)3-5-15-6-8-2-4-14-9(8)10(12)13/h2,4,7H,3,5-6,11H2,1H3,(H,12,13). The number of carboxylic acid groups (broad SMARTS) is 1. The molecular formula is C10H15NO3S. The van der Waals surface area contributed by atoms with Gasteiger partial charge in [-0.3, -0.25) is 0 Å². The number of aromatic carboxylic acids is 1. The molecule has 84 valence electrons. The van der Waals surface area contributed by atoms with Gasteiger partial charge in [-0.15, -0.1) is 0 Å². The molecule has 0 saturated heterocycles. The molecule has 1 atom stereocenters. The van der Waals surface area contributed by atoms with E-state index in [0.29, 0.717) is 5.75 Å². The van der Waals surface area contributed by atoms with E-state index in [4.69, 9.17) is 15.3 Å². The predicted molar refractivity (Wildman–Crippen MR) is 60.1 cm³/mol. The number of carboxylic acids is 1. The summed E-state index contributed by atoms with van der Waals surface area (Å²) in [5, 5.41) is 8.78. The van der Waals surface area contributed by atoms with Gasteiger partial charge in [0.1, 0.15) is 0 Å². The summed E-state index contributed by atoms with van der Waals surface area (Å²) in [7, 11) is 0. The van der Waals surface area contributed by atoms with Crippen LogP contribution in [0, 0.1) is 0 Å². The lowest BCUT2D eigenvalue weighted by Gasteiger charge is -2.03. The number of hydrogen-bond donors (Lipinski definition) is 2. The Morgan fingerprint density at radius 1 is 1.73 bits per heavy atom. The van der Waals surface area contributed by atoms with Crippen LogP contribution in [0.15, 0.2) is 16.7 Å². The van der Waals surface area contributed by atoms with E-state index in [1.54, 1.807) is 17.8 Å². The predicted octanol–water partition coefficient (Wildman–Crippen LogP) is 1.95. The van der Waals surface area contributed by atoms with E-state index in [0.717, 1.165) is 17.7 Å². The van der Waals surface area contributed by atoms with E-state index in [-0.39, 0.29) is 11.8 Å². The highest BCUT2D eigenvalue weighted by Crippen LogP contribution is 2.18. The Kier molecular flexibility index (Phi) is 4.71. The second-order valence-electron chi connectivity index (χ2n) is 3.40. The fraction of sp³-hybridized carbons (Fsp3) is 0.500. The van der Waals surface area contributed by atoms with E-state index >= 15 is 0 Å². The number of rotatable bonds is 6. The van der Waals surface area contributed by atoms with E-state index in [1.165, 1.54) is 6.26 Å². The van der Waals surface area contributed by atoms with Gasteiger partial charge in [-0.25, -0.2) is 4.79 Å². The van der Waals surface area contributed by atoms with Crippen molar-refractivity contribution in [3.05, 3.63) is 23.7 Å². The van der Waals surface area contributed by atoms with Crippen molar-refractivity contribution < 1.29 is 14.3 Å². The van der Waals surface area contributed by atoms with Crippen molar-refractivity contribution >= 4 is 17.7 Å². The third-order valence-corrected chi connectivity index (χ3v) is 2.96. The van der Waals surface area contributed by atoms with Crippen molar-refractivity contribution in [2.75, 3.05) is 5.75 Å². The first kappa shape index (κ1) is 12.1. The molecule has 5 heteroatoms. The quantitative estimate of drug-likeness (QED) is 0.729. The molecule has 0 aromatic carbocycles. The molecule has 0 radical (unpaired) electrons. The van der Waals surface area contributed by atoms with Gasteiger partial charge in [0.15, 0.2) is 0 Å². The van der Waals surface area contributed by atoms with Gasteiger partial charge < -0.3 is 15.3 Å². The van der Waals surface area contributed by atoms with E-state index in [9.17, 15) is 4.79 Å². The zero-order chi connectivity index (χ0) is 11.3. The molecule has 0 spiro atoms. The normalized spacial score (nSPS) is 12.7. The topological polar surface area (TPSA) is 76.5 Å². The third kappa shape index (κ3) is 3.97. The molecule has 0 aliphatic rings. The minimum absolute atomic E-state index is 0.0447. The second-order valence-corrected chi connectivity index (χ2v) is 4.50. The average molecular weight is 229 g/mol. The largest absolute Gasteiger partial charge is 0.475 e. The minimum Gasteiger partial charge on any atom is -0.475 e. The van der Waals surface area contributed by atoms with Crippen LogP contribution in [0.3, 0.4) is 0 Å². The Hall–Kier alpha value is -0.940. The van der Waals surface area contributed by atoms with Crippen LogP contribution in [0.4, 0.5) is 0 Å². The highest BCUT2D eigenvalue weighted by atomic mass is 32.2. The number of furan rings is 1. The van der Waals surface area contributed by atoms with Gasteiger partial charge in [0.25, 0.3) is 0 Å². The van der Waals surface area contributed by atoms with Gasteiger partial charge in [-0.1, -0.05) is 0 Å². The number of nitrogens with two attached hydrogens (primary N) is 1. The summed E-state index contributed by atoms with van der Waals surface area (Å²) in [5.74, 6) is 0.623. The molecule has 4 nitrogen and oxygen atoms in total. The van der Waals surface area contributed by atoms with Crippen molar-refractivity contribution in [2.45, 2.75) is 25.1 Å². The second kappa shape index (κ2) is 5.82. The molecular weight excluding hydrogens is 214 g/mol. The van der Waals surface area contributed by atoms with Crippen LogP contribution in [-0.4, -0.2) is 22.9 Å². The molecule has 0 amide bonds. The summed E-state index contributed by atoms with van der Waals surface area (Å²) in [4.78, 5) is 10.7. The zero-order valence-electron chi connectivity index (χ0n) is 8.60. The summed E-state index contributed by atoms with van der Waals surface area (Å²) < 4.78 is 4.87. The monoisotopic (exact) mass is 229 g/mol. The lowest BCUT2D eigenvalue weighted by atomic mass is 10.3. The van der Waals surface area contributed by atoms with Crippen molar-refractivity contribution in [3.8, 4) is 0 Å². The maximum absolute atomic E-state index is 10.7. The SMILES string of the molecule is CC(N)CCSCc1ccoc1C(=O)O. The first-order valence-corrected chi connectivity index (χ1v) is 5.89. The van der Waals surface area contributed by atoms with Crippen LogP contribution in [0.25, 0.3) is 0 Å². The lowest BCUT2D eigenvalue weighted by Crippen LogP contribution is -2.15. The minimum atomic E-state index is -1.01. The summed E-state index contributed by atoms with van der Waals surface area (Å²) in [5.41, 5.74) is 6.34. The molecule has 1 unspecified atom stereocenters.